The van der Waals surface area contributed by atoms with Crippen LogP contribution in [0.3, 0.4) is 0 Å². The fraction of sp³-hybridized carbons (Fsp3) is 0.619. The number of hydrogen-bond acceptors (Lipinski definition) is 4. The van der Waals surface area contributed by atoms with Gasteiger partial charge >= 0.3 is 0 Å². The maximum absolute atomic E-state index is 13.2. The largest absolute Gasteiger partial charge is 0.495 e. The van der Waals surface area contributed by atoms with E-state index >= 15 is 0 Å². The van der Waals surface area contributed by atoms with E-state index in [9.17, 15) is 9.59 Å². The van der Waals surface area contributed by atoms with Crippen LogP contribution < -0.4 is 9.64 Å². The van der Waals surface area contributed by atoms with Gasteiger partial charge in [-0.05, 0) is 44.2 Å². The molecule has 3 fully saturated rings. The van der Waals surface area contributed by atoms with E-state index in [1.54, 1.807) is 7.11 Å². The van der Waals surface area contributed by atoms with Gasteiger partial charge in [-0.1, -0.05) is 12.1 Å². The second kappa shape index (κ2) is 7.41. The van der Waals surface area contributed by atoms with E-state index in [1.807, 2.05) is 28.0 Å². The Morgan fingerprint density at radius 1 is 0.852 bits per heavy atom. The van der Waals surface area contributed by atoms with Crippen LogP contribution in [0.5, 0.6) is 5.75 Å². The molecule has 2 saturated heterocycles. The molecular formula is C21H29N3O3. The first-order valence-electron chi connectivity index (χ1n) is 10.1. The number of amides is 2. The highest BCUT2D eigenvalue weighted by Gasteiger charge is 2.59. The van der Waals surface area contributed by atoms with Gasteiger partial charge in [-0.25, -0.2) is 0 Å². The molecule has 146 valence electrons. The summed E-state index contributed by atoms with van der Waals surface area (Å²) >= 11 is 0. The Hall–Kier alpha value is -2.24. The standard InChI is InChI=1S/C21H29N3O3/c1-27-18-8-4-3-7-17(18)22-13-15-24(16-14-22)20(26)21(9-10-21)19(25)23-11-5-2-6-12-23/h3-4,7-8H,2,5-6,9-16H2,1H3. The normalized spacial score (nSPS) is 21.7. The number of methoxy groups -OCH3 is 1. The lowest BCUT2D eigenvalue weighted by Gasteiger charge is -2.39. The molecule has 2 aliphatic heterocycles. The summed E-state index contributed by atoms with van der Waals surface area (Å²) in [5, 5.41) is 0. The number of hydrogen-bond donors (Lipinski definition) is 0. The fourth-order valence-electron chi connectivity index (χ4n) is 4.39. The van der Waals surface area contributed by atoms with Crippen molar-refractivity contribution in [2.45, 2.75) is 32.1 Å². The molecule has 3 aliphatic rings. The summed E-state index contributed by atoms with van der Waals surface area (Å²) in [6, 6.07) is 7.99. The average Bonchev–Trinajstić information content (AvgIpc) is 3.55. The van der Waals surface area contributed by atoms with Gasteiger partial charge in [0.25, 0.3) is 0 Å². The second-order valence-electron chi connectivity index (χ2n) is 7.89. The summed E-state index contributed by atoms with van der Waals surface area (Å²) in [6.07, 6.45) is 4.75. The van der Waals surface area contributed by atoms with E-state index in [0.29, 0.717) is 25.9 Å². The van der Waals surface area contributed by atoms with Gasteiger partial charge in [0, 0.05) is 39.3 Å². The zero-order chi connectivity index (χ0) is 18.9. The lowest BCUT2D eigenvalue weighted by atomic mass is 10.00. The van der Waals surface area contributed by atoms with Gasteiger partial charge in [0.2, 0.25) is 11.8 Å². The molecule has 0 N–H and O–H groups in total. The summed E-state index contributed by atoms with van der Waals surface area (Å²) in [5.41, 5.74) is 0.321. The average molecular weight is 371 g/mol. The van der Waals surface area contributed by atoms with Gasteiger partial charge in [-0.15, -0.1) is 0 Å². The minimum Gasteiger partial charge on any atom is -0.495 e. The van der Waals surface area contributed by atoms with Gasteiger partial charge in [-0.3, -0.25) is 9.59 Å². The number of rotatable bonds is 4. The summed E-state index contributed by atoms with van der Waals surface area (Å²) in [4.78, 5) is 32.2. The first-order chi connectivity index (χ1) is 13.2. The third kappa shape index (κ3) is 3.37. The van der Waals surface area contributed by atoms with Crippen molar-refractivity contribution >= 4 is 17.5 Å². The molecule has 2 heterocycles. The molecule has 1 aromatic carbocycles. The SMILES string of the molecule is COc1ccccc1N1CCN(C(=O)C2(C(=O)N3CCCCC3)CC2)CC1. The van der Waals surface area contributed by atoms with E-state index in [1.165, 1.54) is 6.42 Å². The van der Waals surface area contributed by atoms with Crippen LogP contribution in [0, 0.1) is 5.41 Å². The molecular weight excluding hydrogens is 342 g/mol. The highest BCUT2D eigenvalue weighted by atomic mass is 16.5. The molecule has 6 heteroatoms. The predicted octanol–water partition coefficient (Wildman–Crippen LogP) is 2.14. The first kappa shape index (κ1) is 18.1. The molecule has 0 bridgehead atoms. The topological polar surface area (TPSA) is 53.1 Å². The van der Waals surface area contributed by atoms with Gasteiger partial charge < -0.3 is 19.4 Å². The third-order valence-corrected chi connectivity index (χ3v) is 6.20. The number of likely N-dealkylation sites (tertiary alicyclic amines) is 1. The second-order valence-corrected chi connectivity index (χ2v) is 7.89. The number of nitrogens with zero attached hydrogens (tertiary/aromatic N) is 3. The van der Waals surface area contributed by atoms with E-state index in [4.69, 9.17) is 4.74 Å². The molecule has 1 aliphatic carbocycles. The van der Waals surface area contributed by atoms with E-state index < -0.39 is 5.41 Å². The molecule has 4 rings (SSSR count). The minimum atomic E-state index is -0.746. The van der Waals surface area contributed by atoms with Crippen molar-refractivity contribution in [2.24, 2.45) is 5.41 Å². The quantitative estimate of drug-likeness (QED) is 0.761. The van der Waals surface area contributed by atoms with Crippen molar-refractivity contribution in [3.8, 4) is 5.75 Å². The number of carbonyl (C=O) groups is 2. The monoisotopic (exact) mass is 371 g/mol. The van der Waals surface area contributed by atoms with E-state index in [2.05, 4.69) is 11.0 Å². The van der Waals surface area contributed by atoms with Crippen molar-refractivity contribution in [2.75, 3.05) is 51.3 Å². The number of anilines is 1. The van der Waals surface area contributed by atoms with Crippen molar-refractivity contribution in [1.82, 2.24) is 9.80 Å². The Morgan fingerprint density at radius 3 is 2.04 bits per heavy atom. The van der Waals surface area contributed by atoms with Crippen molar-refractivity contribution in [1.29, 1.82) is 0 Å². The van der Waals surface area contributed by atoms with Crippen LogP contribution in [0.15, 0.2) is 24.3 Å². The maximum Gasteiger partial charge on any atom is 0.238 e. The number of ether oxygens (including phenoxy) is 1. The van der Waals surface area contributed by atoms with Crippen molar-refractivity contribution in [3.05, 3.63) is 24.3 Å². The number of benzene rings is 1. The van der Waals surface area contributed by atoms with Crippen LogP contribution in [0.25, 0.3) is 0 Å². The summed E-state index contributed by atoms with van der Waals surface area (Å²) in [5.74, 6) is 0.994. The lowest BCUT2D eigenvalue weighted by Crippen LogP contribution is -2.54. The van der Waals surface area contributed by atoms with Crippen LogP contribution >= 0.6 is 0 Å². The number of piperazine rings is 1. The van der Waals surface area contributed by atoms with Gasteiger partial charge in [-0.2, -0.15) is 0 Å². The predicted molar refractivity (Wildman–Crippen MR) is 104 cm³/mol. The Labute approximate surface area is 161 Å². The molecule has 0 spiro atoms. The molecule has 0 unspecified atom stereocenters. The third-order valence-electron chi connectivity index (χ3n) is 6.20. The van der Waals surface area contributed by atoms with Crippen molar-refractivity contribution in [3.63, 3.8) is 0 Å². The minimum absolute atomic E-state index is 0.0535. The van der Waals surface area contributed by atoms with Crippen LogP contribution in [0.4, 0.5) is 5.69 Å². The highest BCUT2D eigenvalue weighted by molar-refractivity contribution is 6.08. The molecule has 2 amide bonds. The number of piperidine rings is 1. The molecule has 1 saturated carbocycles. The Kier molecular flexibility index (Phi) is 4.98. The Bertz CT molecular complexity index is 702. The Balaban J connectivity index is 1.39. The summed E-state index contributed by atoms with van der Waals surface area (Å²) in [7, 11) is 1.68. The van der Waals surface area contributed by atoms with Crippen LogP contribution in [-0.2, 0) is 9.59 Å². The lowest BCUT2D eigenvalue weighted by molar-refractivity contribution is -0.150. The van der Waals surface area contributed by atoms with Gasteiger partial charge in [0.1, 0.15) is 11.2 Å². The molecule has 0 aromatic heterocycles. The van der Waals surface area contributed by atoms with Crippen molar-refractivity contribution < 1.29 is 14.3 Å². The first-order valence-corrected chi connectivity index (χ1v) is 10.1. The van der Waals surface area contributed by atoms with Gasteiger partial charge in [0.05, 0.1) is 12.8 Å². The van der Waals surface area contributed by atoms with Crippen LogP contribution in [0.1, 0.15) is 32.1 Å². The summed E-state index contributed by atoms with van der Waals surface area (Å²) in [6.45, 7) is 4.48. The molecule has 27 heavy (non-hydrogen) atoms. The van der Waals surface area contributed by atoms with Gasteiger partial charge in [0.15, 0.2) is 0 Å². The van der Waals surface area contributed by atoms with E-state index in [0.717, 1.165) is 50.5 Å². The fourth-order valence-corrected chi connectivity index (χ4v) is 4.39. The summed E-state index contributed by atoms with van der Waals surface area (Å²) < 4.78 is 5.46. The zero-order valence-corrected chi connectivity index (χ0v) is 16.2. The van der Waals surface area contributed by atoms with E-state index in [-0.39, 0.29) is 11.8 Å². The highest BCUT2D eigenvalue weighted by Crippen LogP contribution is 2.49. The molecule has 0 atom stereocenters. The Morgan fingerprint density at radius 2 is 1.44 bits per heavy atom. The van der Waals surface area contributed by atoms with Crippen LogP contribution in [0.2, 0.25) is 0 Å². The molecule has 6 nitrogen and oxygen atoms in total. The molecule has 1 aromatic rings. The molecule has 0 radical (unpaired) electrons. The maximum atomic E-state index is 13.2. The number of carbonyl (C=O) groups excluding carboxylic acids is 2. The smallest absolute Gasteiger partial charge is 0.238 e. The number of para-hydroxylation sites is 2. The van der Waals surface area contributed by atoms with Crippen LogP contribution in [-0.4, -0.2) is 68.0 Å². The zero-order valence-electron chi connectivity index (χ0n) is 16.2.